The van der Waals surface area contributed by atoms with E-state index in [1.807, 2.05) is 6.08 Å². The second-order valence-electron chi connectivity index (χ2n) is 18.4. The van der Waals surface area contributed by atoms with E-state index in [4.69, 9.17) is 14.2 Å². The average Bonchev–Trinajstić information content (AvgIpc) is 3.41. The van der Waals surface area contributed by atoms with Crippen molar-refractivity contribution in [3.05, 3.63) is 182 Å². The fraction of sp³-hybridized carbons (Fsp3) is 0.522. The Bertz CT molecular complexity index is 1800. The SMILES string of the molecule is CC/C=C\C/C=C\C/C=C\C/C=C\C/C=C\C/C=C\C/C=C\CCCCCCCCCC(=O)OCC(COC(=O)CCCCC/C=C\C/C=C\C/C=C\CC)OC(=O)C/C=C\C/C=C\C/C=C\C/C=C\C/C=C\CC. The minimum absolute atomic E-state index is 0.0781. The summed E-state index contributed by atoms with van der Waals surface area (Å²) in [7, 11) is 0. The third-order valence-corrected chi connectivity index (χ3v) is 11.4. The highest BCUT2D eigenvalue weighted by molar-refractivity contribution is 5.72. The average molecular weight is 1030 g/mol. The molecule has 0 amide bonds. The Labute approximate surface area is 459 Å². The van der Waals surface area contributed by atoms with Crippen molar-refractivity contribution in [2.75, 3.05) is 13.2 Å². The summed E-state index contributed by atoms with van der Waals surface area (Å²) < 4.78 is 16.7. The molecule has 0 saturated carbocycles. The molecule has 0 spiro atoms. The Morgan fingerprint density at radius 1 is 0.280 bits per heavy atom. The van der Waals surface area contributed by atoms with Crippen LogP contribution in [0.2, 0.25) is 0 Å². The lowest BCUT2D eigenvalue weighted by Crippen LogP contribution is -2.30. The number of rotatable bonds is 50. The van der Waals surface area contributed by atoms with Crippen LogP contribution < -0.4 is 0 Å². The van der Waals surface area contributed by atoms with Crippen LogP contribution in [0.5, 0.6) is 0 Å². The molecule has 1 atom stereocenters. The van der Waals surface area contributed by atoms with Crippen LogP contribution in [0.4, 0.5) is 0 Å². The molecule has 0 saturated heterocycles. The molecule has 0 rings (SSSR count). The highest BCUT2D eigenvalue weighted by atomic mass is 16.6. The Kier molecular flexibility index (Phi) is 56.6. The zero-order valence-electron chi connectivity index (χ0n) is 47.5. The quantitative estimate of drug-likeness (QED) is 0.0261. The van der Waals surface area contributed by atoms with Gasteiger partial charge in [0.25, 0.3) is 0 Å². The number of carbonyl (C=O) groups is 3. The van der Waals surface area contributed by atoms with Gasteiger partial charge >= 0.3 is 17.9 Å². The maximum absolute atomic E-state index is 12.8. The van der Waals surface area contributed by atoms with E-state index in [2.05, 4.69) is 191 Å². The molecule has 1 unspecified atom stereocenters. The fourth-order valence-electron chi connectivity index (χ4n) is 7.16. The first-order chi connectivity index (χ1) is 37.0. The molecule has 0 aromatic carbocycles. The molecule has 0 heterocycles. The summed E-state index contributed by atoms with van der Waals surface area (Å²) in [5.74, 6) is -1.13. The Morgan fingerprint density at radius 3 is 0.827 bits per heavy atom. The molecular weight excluding hydrogens is 925 g/mol. The molecular formula is C69H104O6. The van der Waals surface area contributed by atoms with Gasteiger partial charge in [-0.05, 0) is 135 Å². The number of hydrogen-bond donors (Lipinski definition) is 0. The Hall–Kier alpha value is -5.49. The summed E-state index contributed by atoms with van der Waals surface area (Å²) in [4.78, 5) is 38.1. The molecule has 6 nitrogen and oxygen atoms in total. The van der Waals surface area contributed by atoms with E-state index in [0.717, 1.165) is 148 Å². The first-order valence-corrected chi connectivity index (χ1v) is 29.3. The van der Waals surface area contributed by atoms with Crippen LogP contribution in [0.25, 0.3) is 0 Å². The molecule has 416 valence electrons. The predicted octanol–water partition coefficient (Wildman–Crippen LogP) is 20.1. The molecule has 0 aromatic rings. The summed E-state index contributed by atoms with van der Waals surface area (Å²) in [6.45, 7) is 6.15. The van der Waals surface area contributed by atoms with Crippen LogP contribution in [0.1, 0.15) is 213 Å². The predicted molar refractivity (Wildman–Crippen MR) is 324 cm³/mol. The molecule has 0 fully saturated rings. The summed E-state index contributed by atoms with van der Waals surface area (Å²) in [6, 6.07) is 0. The number of unbranched alkanes of at least 4 members (excludes halogenated alkanes) is 10. The number of ether oxygens (including phenoxy) is 3. The molecule has 0 aromatic heterocycles. The van der Waals surface area contributed by atoms with Crippen LogP contribution in [-0.4, -0.2) is 37.2 Å². The second kappa shape index (κ2) is 61.1. The summed E-state index contributed by atoms with van der Waals surface area (Å²) in [5, 5.41) is 0. The standard InChI is InChI=1S/C69H104O6/c1-4-7-10-13-16-19-22-25-27-28-29-30-31-32-33-34-35-36-37-38-39-40-42-44-47-50-53-56-59-62-68(71)74-65-66(64-73-67(70)61-58-55-52-49-46-43-24-21-18-15-12-9-6-3)75-69(72)63-60-57-54-51-48-45-41-26-23-20-17-14-11-8-5-2/h7-12,16-21,25-27,29-30,32-33,35-36,38-39,41,43,46,48,51,57,60,66H,4-6,13-15,22-24,28,31,34,37,40,42,44-45,47,49-50,52-56,58-59,61-65H2,1-3H3/b10-7-,11-8-,12-9-,19-16-,20-17-,21-18-,27-25-,30-29-,33-32-,36-35-,39-38-,41-26-,46-43-,51-48-,60-57-. The van der Waals surface area contributed by atoms with Gasteiger partial charge in [0, 0.05) is 12.8 Å². The van der Waals surface area contributed by atoms with Gasteiger partial charge in [-0.25, -0.2) is 0 Å². The van der Waals surface area contributed by atoms with Gasteiger partial charge in [0.05, 0.1) is 6.42 Å². The first-order valence-electron chi connectivity index (χ1n) is 29.3. The Morgan fingerprint density at radius 2 is 0.520 bits per heavy atom. The summed E-state index contributed by atoms with van der Waals surface area (Å²) in [6.07, 6.45) is 92.0. The Balaban J connectivity index is 4.45. The number of allylic oxidation sites excluding steroid dienone is 29. The van der Waals surface area contributed by atoms with Gasteiger partial charge < -0.3 is 14.2 Å². The molecule has 0 radical (unpaired) electrons. The number of esters is 3. The topological polar surface area (TPSA) is 78.9 Å². The van der Waals surface area contributed by atoms with Crippen molar-refractivity contribution in [1.29, 1.82) is 0 Å². The van der Waals surface area contributed by atoms with Gasteiger partial charge in [0.2, 0.25) is 0 Å². The van der Waals surface area contributed by atoms with E-state index in [0.29, 0.717) is 19.3 Å². The molecule has 75 heavy (non-hydrogen) atoms. The first kappa shape index (κ1) is 69.5. The van der Waals surface area contributed by atoms with Gasteiger partial charge in [-0.15, -0.1) is 0 Å². The minimum atomic E-state index is -0.860. The largest absolute Gasteiger partial charge is 0.462 e. The highest BCUT2D eigenvalue weighted by Crippen LogP contribution is 2.12. The van der Waals surface area contributed by atoms with E-state index in [1.54, 1.807) is 6.08 Å². The molecule has 0 aliphatic carbocycles. The monoisotopic (exact) mass is 1030 g/mol. The molecule has 6 heteroatoms. The van der Waals surface area contributed by atoms with Gasteiger partial charge in [-0.2, -0.15) is 0 Å². The number of carbonyl (C=O) groups excluding carboxylic acids is 3. The third kappa shape index (κ3) is 59.3. The van der Waals surface area contributed by atoms with Crippen molar-refractivity contribution in [2.45, 2.75) is 219 Å². The maximum Gasteiger partial charge on any atom is 0.310 e. The zero-order valence-corrected chi connectivity index (χ0v) is 47.5. The van der Waals surface area contributed by atoms with E-state index in [9.17, 15) is 14.4 Å². The molecule has 0 aliphatic rings. The van der Waals surface area contributed by atoms with Crippen LogP contribution >= 0.6 is 0 Å². The third-order valence-electron chi connectivity index (χ3n) is 11.4. The summed E-state index contributed by atoms with van der Waals surface area (Å²) in [5.41, 5.74) is 0. The van der Waals surface area contributed by atoms with E-state index >= 15 is 0 Å². The van der Waals surface area contributed by atoms with Crippen molar-refractivity contribution in [1.82, 2.24) is 0 Å². The van der Waals surface area contributed by atoms with Gasteiger partial charge in [-0.3, -0.25) is 14.4 Å². The fourth-order valence-corrected chi connectivity index (χ4v) is 7.16. The lowest BCUT2D eigenvalue weighted by molar-refractivity contribution is -0.166. The maximum atomic E-state index is 12.8. The lowest BCUT2D eigenvalue weighted by Gasteiger charge is -2.18. The van der Waals surface area contributed by atoms with Crippen LogP contribution in [0.15, 0.2) is 182 Å². The van der Waals surface area contributed by atoms with E-state index in [-0.39, 0.29) is 31.6 Å². The number of hydrogen-bond acceptors (Lipinski definition) is 6. The van der Waals surface area contributed by atoms with Crippen molar-refractivity contribution in [2.24, 2.45) is 0 Å². The van der Waals surface area contributed by atoms with E-state index < -0.39 is 12.1 Å². The molecule has 0 bridgehead atoms. The highest BCUT2D eigenvalue weighted by Gasteiger charge is 2.19. The molecule has 0 aliphatic heterocycles. The summed E-state index contributed by atoms with van der Waals surface area (Å²) >= 11 is 0. The van der Waals surface area contributed by atoms with Crippen molar-refractivity contribution in [3.8, 4) is 0 Å². The van der Waals surface area contributed by atoms with E-state index in [1.165, 1.54) is 19.3 Å². The van der Waals surface area contributed by atoms with Crippen LogP contribution in [0, 0.1) is 0 Å². The normalized spacial score (nSPS) is 13.5. The van der Waals surface area contributed by atoms with Crippen molar-refractivity contribution < 1.29 is 28.6 Å². The van der Waals surface area contributed by atoms with Crippen LogP contribution in [-0.2, 0) is 28.6 Å². The smallest absolute Gasteiger partial charge is 0.310 e. The van der Waals surface area contributed by atoms with Gasteiger partial charge in [0.15, 0.2) is 6.10 Å². The second-order valence-corrected chi connectivity index (χ2v) is 18.4. The minimum Gasteiger partial charge on any atom is -0.462 e. The van der Waals surface area contributed by atoms with Crippen molar-refractivity contribution >= 4 is 17.9 Å². The van der Waals surface area contributed by atoms with Crippen LogP contribution in [0.3, 0.4) is 0 Å². The zero-order chi connectivity index (χ0) is 54.3. The van der Waals surface area contributed by atoms with Crippen molar-refractivity contribution in [3.63, 3.8) is 0 Å². The van der Waals surface area contributed by atoms with Gasteiger partial charge in [0.1, 0.15) is 13.2 Å². The van der Waals surface area contributed by atoms with Gasteiger partial charge in [-0.1, -0.05) is 242 Å². The lowest BCUT2D eigenvalue weighted by atomic mass is 10.1. The molecule has 0 N–H and O–H groups in total.